The molecule has 2 fully saturated rings. The number of rotatable bonds is 2. The maximum Gasteiger partial charge on any atom is 0.410 e. The molecule has 2 aromatic rings. The van der Waals surface area contributed by atoms with Gasteiger partial charge in [-0.2, -0.15) is 0 Å². The average Bonchev–Trinajstić information content (AvgIpc) is 3.03. The highest BCUT2D eigenvalue weighted by atomic mass is 35.5. The lowest BCUT2D eigenvalue weighted by atomic mass is 10.0. The average molecular weight is 576 g/mol. The first kappa shape index (κ1) is 28.2. The molecule has 3 atom stereocenters. The number of nitrogens with one attached hydrogen (secondary N) is 1. The van der Waals surface area contributed by atoms with Crippen molar-refractivity contribution < 1.29 is 28.6 Å². The summed E-state index contributed by atoms with van der Waals surface area (Å²) >= 11 is 6.82. The number of amides is 2. The number of benzene rings is 1. The number of hydrogen-bond donors (Lipinski definition) is 2. The van der Waals surface area contributed by atoms with Gasteiger partial charge in [-0.1, -0.05) is 17.7 Å². The molecule has 0 bridgehead atoms. The standard InChI is InChI=1S/C28H35ClFN5O5/c1-15-16(2)34(10-9-31-15)25-21-24(22(29)23(32-25)20-18(30)7-6-8-19(20)36)39-14-17-13-33(11-12-35(17)26(21)37)27(38)40-28(3,4)5/h6-8,15-17,31,36H,9-14H2,1-5H3/t15-,16?,17-/m1/s1. The summed E-state index contributed by atoms with van der Waals surface area (Å²) in [4.78, 5) is 37.0. The Morgan fingerprint density at radius 3 is 2.65 bits per heavy atom. The van der Waals surface area contributed by atoms with Gasteiger partial charge in [0.2, 0.25) is 0 Å². The predicted molar refractivity (Wildman–Crippen MR) is 149 cm³/mol. The number of nitrogens with zero attached hydrogens (tertiary/aromatic N) is 4. The van der Waals surface area contributed by atoms with E-state index in [2.05, 4.69) is 5.32 Å². The van der Waals surface area contributed by atoms with Crippen LogP contribution in [0.15, 0.2) is 18.2 Å². The van der Waals surface area contributed by atoms with Gasteiger partial charge < -0.3 is 34.6 Å². The number of anilines is 1. The Kier molecular flexibility index (Phi) is 7.47. The number of fused-ring (bicyclic) bond motifs is 2. The second kappa shape index (κ2) is 10.6. The van der Waals surface area contributed by atoms with Gasteiger partial charge in [-0.05, 0) is 46.8 Å². The number of ether oxygens (including phenoxy) is 2. The van der Waals surface area contributed by atoms with Crippen LogP contribution in [-0.2, 0) is 4.74 Å². The van der Waals surface area contributed by atoms with Crippen LogP contribution in [0.2, 0.25) is 5.02 Å². The molecule has 2 amide bonds. The van der Waals surface area contributed by atoms with Crippen molar-refractivity contribution in [2.24, 2.45) is 0 Å². The molecule has 0 aliphatic carbocycles. The molecule has 2 N–H and O–H groups in total. The molecule has 2 saturated heterocycles. The molecule has 1 aromatic carbocycles. The van der Waals surface area contributed by atoms with Gasteiger partial charge in [-0.3, -0.25) is 4.79 Å². The molecule has 3 aliphatic heterocycles. The van der Waals surface area contributed by atoms with Crippen molar-refractivity contribution in [1.82, 2.24) is 20.1 Å². The van der Waals surface area contributed by atoms with Crippen molar-refractivity contribution in [3.63, 3.8) is 0 Å². The first-order chi connectivity index (χ1) is 18.9. The molecule has 0 radical (unpaired) electrons. The monoisotopic (exact) mass is 575 g/mol. The van der Waals surface area contributed by atoms with Crippen molar-refractivity contribution >= 4 is 29.4 Å². The summed E-state index contributed by atoms with van der Waals surface area (Å²) in [6.07, 6.45) is -0.456. The van der Waals surface area contributed by atoms with E-state index in [4.69, 9.17) is 26.1 Å². The van der Waals surface area contributed by atoms with Gasteiger partial charge in [0.25, 0.3) is 5.91 Å². The van der Waals surface area contributed by atoms with Gasteiger partial charge >= 0.3 is 6.09 Å². The van der Waals surface area contributed by atoms with E-state index in [-0.39, 0.29) is 71.0 Å². The molecule has 10 nitrogen and oxygen atoms in total. The van der Waals surface area contributed by atoms with Crippen LogP contribution >= 0.6 is 11.6 Å². The van der Waals surface area contributed by atoms with Gasteiger partial charge in [0.05, 0.1) is 11.6 Å². The van der Waals surface area contributed by atoms with Crippen molar-refractivity contribution in [3.8, 4) is 22.8 Å². The van der Waals surface area contributed by atoms with E-state index in [0.29, 0.717) is 25.5 Å². The first-order valence-corrected chi connectivity index (χ1v) is 13.9. The smallest absolute Gasteiger partial charge is 0.410 e. The highest BCUT2D eigenvalue weighted by Gasteiger charge is 2.42. The fourth-order valence-corrected chi connectivity index (χ4v) is 5.70. The number of carbonyl (C=O) groups excluding carboxylic acids is 2. The predicted octanol–water partition coefficient (Wildman–Crippen LogP) is 3.89. The summed E-state index contributed by atoms with van der Waals surface area (Å²) in [5.74, 6) is -0.947. The number of hydrogen-bond acceptors (Lipinski definition) is 8. The lowest BCUT2D eigenvalue weighted by molar-refractivity contribution is 0.000953. The molecule has 1 aromatic heterocycles. The third-order valence-electron chi connectivity index (χ3n) is 7.64. The number of pyridine rings is 1. The zero-order chi connectivity index (χ0) is 28.9. The zero-order valence-corrected chi connectivity index (χ0v) is 24.1. The molecule has 40 heavy (non-hydrogen) atoms. The van der Waals surface area contributed by atoms with Crippen LogP contribution < -0.4 is 15.0 Å². The first-order valence-electron chi connectivity index (χ1n) is 13.5. The molecule has 1 unspecified atom stereocenters. The fourth-order valence-electron chi connectivity index (χ4n) is 5.41. The van der Waals surface area contributed by atoms with Crippen LogP contribution in [0.1, 0.15) is 45.0 Å². The Morgan fingerprint density at radius 1 is 1.20 bits per heavy atom. The Bertz CT molecular complexity index is 1310. The van der Waals surface area contributed by atoms with Gasteiger partial charge in [0, 0.05) is 44.8 Å². The third kappa shape index (κ3) is 5.12. The molecular formula is C28H35ClFN5O5. The van der Waals surface area contributed by atoms with E-state index in [9.17, 15) is 14.7 Å². The molecule has 4 heterocycles. The van der Waals surface area contributed by atoms with E-state index in [1.807, 2.05) is 18.7 Å². The number of halogens is 2. The maximum atomic E-state index is 15.0. The van der Waals surface area contributed by atoms with Gasteiger partial charge in [-0.15, -0.1) is 0 Å². The Balaban J connectivity index is 1.60. The quantitative estimate of drug-likeness (QED) is 0.555. The minimum absolute atomic E-state index is 0.00699. The number of phenolic OH excluding ortho intramolecular Hbond substituents is 1. The number of phenols is 1. The summed E-state index contributed by atoms with van der Waals surface area (Å²) < 4.78 is 26.8. The van der Waals surface area contributed by atoms with E-state index < -0.39 is 23.6 Å². The number of aromatic nitrogens is 1. The normalized spacial score (nSPS) is 23.2. The van der Waals surface area contributed by atoms with Crippen LogP contribution in [0.3, 0.4) is 0 Å². The summed E-state index contributed by atoms with van der Waals surface area (Å²) in [5.41, 5.74) is -0.632. The largest absolute Gasteiger partial charge is 0.507 e. The zero-order valence-electron chi connectivity index (χ0n) is 23.3. The molecular weight excluding hydrogens is 541 g/mol. The highest BCUT2D eigenvalue weighted by molar-refractivity contribution is 6.35. The van der Waals surface area contributed by atoms with Crippen molar-refractivity contribution in [3.05, 3.63) is 34.6 Å². The molecule has 12 heteroatoms. The second-order valence-corrected chi connectivity index (χ2v) is 11.9. The van der Waals surface area contributed by atoms with Gasteiger partial charge in [0.1, 0.15) is 45.9 Å². The SMILES string of the molecule is CC1[C@@H](C)NCCN1c1nc(-c2c(O)cccc2F)c(Cl)c2c1C(=O)N1CCN(C(=O)OC(C)(C)C)C[C@@H]1CO2. The minimum atomic E-state index is -0.701. The Labute approximate surface area is 238 Å². The lowest BCUT2D eigenvalue weighted by Crippen LogP contribution is -2.58. The van der Waals surface area contributed by atoms with Crippen LogP contribution in [0, 0.1) is 5.82 Å². The van der Waals surface area contributed by atoms with Crippen LogP contribution in [0.5, 0.6) is 11.5 Å². The van der Waals surface area contributed by atoms with Gasteiger partial charge in [-0.25, -0.2) is 14.2 Å². The van der Waals surface area contributed by atoms with Crippen molar-refractivity contribution in [2.45, 2.75) is 58.3 Å². The topological polar surface area (TPSA) is 107 Å². The number of piperazine rings is 2. The van der Waals surface area contributed by atoms with Gasteiger partial charge in [0.15, 0.2) is 5.75 Å². The molecule has 216 valence electrons. The summed E-state index contributed by atoms with van der Waals surface area (Å²) in [6, 6.07) is 3.51. The Hall–Kier alpha value is -3.31. The second-order valence-electron chi connectivity index (χ2n) is 11.5. The van der Waals surface area contributed by atoms with E-state index in [0.717, 1.165) is 0 Å². The summed E-state index contributed by atoms with van der Waals surface area (Å²) in [7, 11) is 0. The number of aromatic hydroxyl groups is 1. The van der Waals surface area contributed by atoms with Crippen LogP contribution in [0.25, 0.3) is 11.3 Å². The van der Waals surface area contributed by atoms with Crippen LogP contribution in [-0.4, -0.2) is 94.9 Å². The van der Waals surface area contributed by atoms with Crippen LogP contribution in [0.4, 0.5) is 15.0 Å². The summed E-state index contributed by atoms with van der Waals surface area (Å²) in [6.45, 7) is 11.5. The number of carbonyl (C=O) groups is 2. The van der Waals surface area contributed by atoms with Crippen molar-refractivity contribution in [1.29, 1.82) is 0 Å². The lowest BCUT2D eigenvalue weighted by Gasteiger charge is -2.41. The minimum Gasteiger partial charge on any atom is -0.507 e. The molecule has 0 spiro atoms. The fraction of sp³-hybridized carbons (Fsp3) is 0.536. The molecule has 5 rings (SSSR count). The summed E-state index contributed by atoms with van der Waals surface area (Å²) in [5, 5.41) is 13.9. The molecule has 3 aliphatic rings. The maximum absolute atomic E-state index is 15.0. The Morgan fingerprint density at radius 2 is 1.95 bits per heavy atom. The highest BCUT2D eigenvalue weighted by Crippen LogP contribution is 2.46. The third-order valence-corrected chi connectivity index (χ3v) is 7.99. The van der Waals surface area contributed by atoms with Crippen molar-refractivity contribution in [2.75, 3.05) is 44.2 Å². The molecule has 0 saturated carbocycles. The van der Waals surface area contributed by atoms with E-state index >= 15 is 4.39 Å². The van der Waals surface area contributed by atoms with E-state index in [1.165, 1.54) is 18.2 Å². The van der Waals surface area contributed by atoms with E-state index in [1.54, 1.807) is 30.6 Å².